The molecule has 0 saturated heterocycles. The van der Waals surface area contributed by atoms with Gasteiger partial charge in [0.05, 0.1) is 33.3 Å². The number of aromatic nitrogens is 2. The molecule has 0 fully saturated rings. The summed E-state index contributed by atoms with van der Waals surface area (Å²) in [6.07, 6.45) is 1.19. The maximum atomic E-state index is 11.9. The highest BCUT2D eigenvalue weighted by molar-refractivity contribution is 6.41. The Labute approximate surface area is 127 Å². The first kappa shape index (κ1) is 14.8. The Hall–Kier alpha value is -1.63. The van der Waals surface area contributed by atoms with Crippen LogP contribution in [0, 0.1) is 10.1 Å². The van der Waals surface area contributed by atoms with Crippen molar-refractivity contribution >= 4 is 40.5 Å². The lowest BCUT2D eigenvalue weighted by Crippen LogP contribution is -2.24. The second-order valence-electron chi connectivity index (χ2n) is 3.76. The molecule has 0 unspecified atom stereocenters. The zero-order valence-corrected chi connectivity index (χ0v) is 12.0. The minimum atomic E-state index is -0.645. The van der Waals surface area contributed by atoms with Gasteiger partial charge in [-0.2, -0.15) is 5.10 Å². The highest BCUT2D eigenvalue weighted by Crippen LogP contribution is 2.26. The first-order chi connectivity index (χ1) is 9.41. The number of hydrogen-bond acceptors (Lipinski definition) is 4. The van der Waals surface area contributed by atoms with Crippen LogP contribution in [-0.2, 0) is 6.54 Å². The first-order valence-electron chi connectivity index (χ1n) is 5.24. The summed E-state index contributed by atoms with van der Waals surface area (Å²) in [5.74, 6) is 0. The topological polar surface area (TPSA) is 78.0 Å². The highest BCUT2D eigenvalue weighted by Gasteiger charge is 2.18. The van der Waals surface area contributed by atoms with Crippen molar-refractivity contribution in [3.05, 3.63) is 65.5 Å². The van der Waals surface area contributed by atoms with Gasteiger partial charge in [-0.25, -0.2) is 4.68 Å². The van der Waals surface area contributed by atoms with Gasteiger partial charge in [0.1, 0.15) is 5.02 Å². The molecule has 0 N–H and O–H groups in total. The van der Waals surface area contributed by atoms with Crippen molar-refractivity contribution < 1.29 is 4.92 Å². The molecule has 1 aromatic heterocycles. The minimum Gasteiger partial charge on any atom is -0.266 e. The van der Waals surface area contributed by atoms with Crippen LogP contribution in [0.2, 0.25) is 15.1 Å². The molecule has 0 radical (unpaired) electrons. The standard InChI is InChI=1S/C11H6Cl3N3O3/c12-7-2-1-3-9(17(19)20)6(7)5-16-11(18)10(14)8(13)4-15-16/h1-4H,5H2. The summed E-state index contributed by atoms with van der Waals surface area (Å²) in [5.41, 5.74) is -0.669. The van der Waals surface area contributed by atoms with Crippen molar-refractivity contribution in [3.8, 4) is 0 Å². The van der Waals surface area contributed by atoms with E-state index in [1.165, 1.54) is 24.4 Å². The molecule has 0 aliphatic carbocycles. The first-order valence-corrected chi connectivity index (χ1v) is 6.38. The van der Waals surface area contributed by atoms with Gasteiger partial charge in [0, 0.05) is 6.07 Å². The van der Waals surface area contributed by atoms with Gasteiger partial charge < -0.3 is 0 Å². The van der Waals surface area contributed by atoms with Crippen molar-refractivity contribution in [2.24, 2.45) is 0 Å². The summed E-state index contributed by atoms with van der Waals surface area (Å²) in [6, 6.07) is 4.24. The number of nitrogens with zero attached hydrogens (tertiary/aromatic N) is 3. The molecule has 2 aromatic rings. The molecule has 0 atom stereocenters. The number of nitro groups is 1. The maximum Gasteiger partial charge on any atom is 0.287 e. The van der Waals surface area contributed by atoms with Crippen LogP contribution in [0.15, 0.2) is 29.2 Å². The molecular formula is C11H6Cl3N3O3. The van der Waals surface area contributed by atoms with Gasteiger partial charge in [-0.1, -0.05) is 40.9 Å². The molecule has 0 saturated carbocycles. The molecular weight excluding hydrogens is 328 g/mol. The summed E-state index contributed by atoms with van der Waals surface area (Å²) in [5, 5.41) is 14.7. The number of halogens is 3. The van der Waals surface area contributed by atoms with Gasteiger partial charge >= 0.3 is 0 Å². The predicted octanol–water partition coefficient (Wildman–Crippen LogP) is 3.16. The number of rotatable bonds is 3. The van der Waals surface area contributed by atoms with Gasteiger partial charge in [-0.05, 0) is 6.07 Å². The highest BCUT2D eigenvalue weighted by atomic mass is 35.5. The molecule has 0 amide bonds. The molecule has 6 nitrogen and oxygen atoms in total. The van der Waals surface area contributed by atoms with E-state index in [1.54, 1.807) is 0 Å². The molecule has 0 aliphatic heterocycles. The van der Waals surface area contributed by atoms with E-state index in [9.17, 15) is 14.9 Å². The van der Waals surface area contributed by atoms with Crippen molar-refractivity contribution in [3.63, 3.8) is 0 Å². The van der Waals surface area contributed by atoms with Crippen LogP contribution in [0.4, 0.5) is 5.69 Å². The molecule has 1 heterocycles. The number of benzene rings is 1. The van der Waals surface area contributed by atoms with E-state index in [2.05, 4.69) is 5.10 Å². The monoisotopic (exact) mass is 333 g/mol. The SMILES string of the molecule is O=c1c(Cl)c(Cl)cnn1Cc1c(Cl)cccc1[N+](=O)[O-]. The van der Waals surface area contributed by atoms with Crippen molar-refractivity contribution in [2.45, 2.75) is 6.54 Å². The van der Waals surface area contributed by atoms with E-state index >= 15 is 0 Å². The zero-order chi connectivity index (χ0) is 14.9. The van der Waals surface area contributed by atoms with Crippen molar-refractivity contribution in [1.82, 2.24) is 9.78 Å². The third-order valence-electron chi connectivity index (χ3n) is 2.54. The fourth-order valence-corrected chi connectivity index (χ4v) is 2.08. The van der Waals surface area contributed by atoms with Gasteiger partial charge in [-0.3, -0.25) is 14.9 Å². The lowest BCUT2D eigenvalue weighted by Gasteiger charge is -2.07. The third kappa shape index (κ3) is 2.77. The largest absolute Gasteiger partial charge is 0.287 e. The smallest absolute Gasteiger partial charge is 0.266 e. The molecule has 2 rings (SSSR count). The Morgan fingerprint density at radius 2 is 1.95 bits per heavy atom. The number of hydrogen-bond donors (Lipinski definition) is 0. The normalized spacial score (nSPS) is 10.6. The van der Waals surface area contributed by atoms with E-state index < -0.39 is 10.5 Å². The Morgan fingerprint density at radius 3 is 2.60 bits per heavy atom. The lowest BCUT2D eigenvalue weighted by molar-refractivity contribution is -0.385. The summed E-state index contributed by atoms with van der Waals surface area (Å²) >= 11 is 17.3. The summed E-state index contributed by atoms with van der Waals surface area (Å²) < 4.78 is 0.961. The van der Waals surface area contributed by atoms with E-state index in [0.717, 1.165) is 4.68 Å². The number of nitro benzene ring substituents is 1. The molecule has 104 valence electrons. The second-order valence-corrected chi connectivity index (χ2v) is 4.96. The Kier molecular flexibility index (Phi) is 4.27. The zero-order valence-electron chi connectivity index (χ0n) is 9.72. The van der Waals surface area contributed by atoms with E-state index in [0.29, 0.717) is 0 Å². The van der Waals surface area contributed by atoms with Crippen LogP contribution in [0.1, 0.15) is 5.56 Å². The second kappa shape index (κ2) is 5.78. The van der Waals surface area contributed by atoms with E-state index in [4.69, 9.17) is 34.8 Å². The summed E-state index contributed by atoms with van der Waals surface area (Å²) in [4.78, 5) is 22.2. The quantitative estimate of drug-likeness (QED) is 0.638. The van der Waals surface area contributed by atoms with Crippen molar-refractivity contribution in [2.75, 3.05) is 0 Å². The molecule has 0 spiro atoms. The average molecular weight is 335 g/mol. The van der Waals surface area contributed by atoms with E-state index in [1.807, 2.05) is 0 Å². The molecule has 0 bridgehead atoms. The molecule has 9 heteroatoms. The van der Waals surface area contributed by atoms with Crippen LogP contribution in [0.5, 0.6) is 0 Å². The van der Waals surface area contributed by atoms with Crippen LogP contribution in [-0.4, -0.2) is 14.7 Å². The van der Waals surface area contributed by atoms with E-state index in [-0.39, 0.29) is 32.9 Å². The molecule has 20 heavy (non-hydrogen) atoms. The summed E-state index contributed by atoms with van der Waals surface area (Å²) in [7, 11) is 0. The maximum absolute atomic E-state index is 11.9. The van der Waals surface area contributed by atoms with Crippen LogP contribution >= 0.6 is 34.8 Å². The molecule has 1 aromatic carbocycles. The van der Waals surface area contributed by atoms with Crippen molar-refractivity contribution in [1.29, 1.82) is 0 Å². The lowest BCUT2D eigenvalue weighted by atomic mass is 10.2. The van der Waals surface area contributed by atoms with Gasteiger partial charge in [-0.15, -0.1) is 0 Å². The minimum absolute atomic E-state index is 0.0153. The van der Waals surface area contributed by atoms with Crippen LogP contribution in [0.25, 0.3) is 0 Å². The predicted molar refractivity (Wildman–Crippen MR) is 75.7 cm³/mol. The average Bonchev–Trinajstić information content (AvgIpc) is 2.41. The Bertz CT molecular complexity index is 745. The van der Waals surface area contributed by atoms with Gasteiger partial charge in [0.2, 0.25) is 0 Å². The Balaban J connectivity index is 2.54. The summed E-state index contributed by atoms with van der Waals surface area (Å²) in [6.45, 7) is -0.175. The van der Waals surface area contributed by atoms with Crippen LogP contribution in [0.3, 0.4) is 0 Å². The molecule has 0 aliphatic rings. The van der Waals surface area contributed by atoms with Gasteiger partial charge in [0.25, 0.3) is 11.2 Å². The van der Waals surface area contributed by atoms with Gasteiger partial charge in [0.15, 0.2) is 0 Å². The fourth-order valence-electron chi connectivity index (χ4n) is 1.58. The van der Waals surface area contributed by atoms with Crippen LogP contribution < -0.4 is 5.56 Å². The Morgan fingerprint density at radius 1 is 1.25 bits per heavy atom. The fraction of sp³-hybridized carbons (Fsp3) is 0.0909. The third-order valence-corrected chi connectivity index (χ3v) is 3.64.